The smallest absolute Gasteiger partial charge is 0.293 e. The normalized spacial score (nSPS) is 12.9. The third-order valence-corrected chi connectivity index (χ3v) is 5.07. The molecule has 0 unspecified atom stereocenters. The summed E-state index contributed by atoms with van der Waals surface area (Å²) in [7, 11) is -3.75. The van der Waals surface area contributed by atoms with Crippen LogP contribution in [0.25, 0.3) is 0 Å². The molecule has 0 radical (unpaired) electrons. The van der Waals surface area contributed by atoms with E-state index in [0.717, 1.165) is 0 Å². The highest BCUT2D eigenvalue weighted by Gasteiger charge is 2.35. The van der Waals surface area contributed by atoms with Crippen molar-refractivity contribution in [2.45, 2.75) is 50.8 Å². The van der Waals surface area contributed by atoms with Crippen LogP contribution >= 0.6 is 0 Å². The lowest BCUT2D eigenvalue weighted by atomic mass is 9.91. The fourth-order valence-electron chi connectivity index (χ4n) is 2.90. The standard InChI is InChI=1S/C16H30N2O9S/c1-14(2,7-15(3,4)22)18-28(23,24)6-5-17-16(8-25-11-19,9-26-12-20)10-27-13-21/h11-13,17-18,22H,5-10H2,1-4H3. The van der Waals surface area contributed by atoms with Gasteiger partial charge in [0.2, 0.25) is 10.0 Å². The summed E-state index contributed by atoms with van der Waals surface area (Å²) in [5.74, 6) is -0.368. The molecule has 164 valence electrons. The Morgan fingerprint density at radius 2 is 1.32 bits per heavy atom. The van der Waals surface area contributed by atoms with Gasteiger partial charge in [-0.05, 0) is 34.1 Å². The van der Waals surface area contributed by atoms with Crippen molar-refractivity contribution in [3.8, 4) is 0 Å². The van der Waals surface area contributed by atoms with E-state index in [0.29, 0.717) is 0 Å². The van der Waals surface area contributed by atoms with E-state index in [9.17, 15) is 27.9 Å². The Bertz CT molecular complexity index is 568. The summed E-state index contributed by atoms with van der Waals surface area (Å²) in [5, 5.41) is 12.7. The molecule has 11 nitrogen and oxygen atoms in total. The van der Waals surface area contributed by atoms with Gasteiger partial charge in [0, 0.05) is 12.1 Å². The van der Waals surface area contributed by atoms with Gasteiger partial charge in [-0.2, -0.15) is 0 Å². The quantitative estimate of drug-likeness (QED) is 0.188. The minimum Gasteiger partial charge on any atom is -0.466 e. The van der Waals surface area contributed by atoms with Gasteiger partial charge in [0.1, 0.15) is 25.4 Å². The summed E-state index contributed by atoms with van der Waals surface area (Å²) in [6.07, 6.45) is 0.185. The number of aliphatic hydroxyl groups is 1. The van der Waals surface area contributed by atoms with Gasteiger partial charge in [0.25, 0.3) is 19.4 Å². The Morgan fingerprint density at radius 1 is 0.893 bits per heavy atom. The molecule has 0 heterocycles. The Balaban J connectivity index is 5.04. The van der Waals surface area contributed by atoms with Crippen LogP contribution in [0.15, 0.2) is 0 Å². The maximum Gasteiger partial charge on any atom is 0.293 e. The zero-order chi connectivity index (χ0) is 21.9. The Morgan fingerprint density at radius 3 is 1.68 bits per heavy atom. The van der Waals surface area contributed by atoms with Crippen molar-refractivity contribution >= 4 is 29.4 Å². The molecule has 0 aliphatic carbocycles. The van der Waals surface area contributed by atoms with Crippen molar-refractivity contribution in [3.63, 3.8) is 0 Å². The van der Waals surface area contributed by atoms with Crippen molar-refractivity contribution in [3.05, 3.63) is 0 Å². The van der Waals surface area contributed by atoms with Gasteiger partial charge in [-0.15, -0.1) is 0 Å². The van der Waals surface area contributed by atoms with Crippen molar-refractivity contribution in [2.24, 2.45) is 0 Å². The first-order valence-electron chi connectivity index (χ1n) is 8.45. The van der Waals surface area contributed by atoms with Crippen LogP contribution in [0.4, 0.5) is 0 Å². The van der Waals surface area contributed by atoms with Crippen LogP contribution in [-0.4, -0.2) is 81.7 Å². The topological polar surface area (TPSA) is 157 Å². The van der Waals surface area contributed by atoms with Crippen LogP contribution in [0.3, 0.4) is 0 Å². The fraction of sp³-hybridized carbons (Fsp3) is 0.812. The molecule has 0 aromatic carbocycles. The first-order valence-corrected chi connectivity index (χ1v) is 10.1. The minimum atomic E-state index is -3.75. The molecule has 0 saturated heterocycles. The molecule has 0 aromatic rings. The van der Waals surface area contributed by atoms with Crippen LogP contribution in [0.1, 0.15) is 34.1 Å². The third-order valence-electron chi connectivity index (χ3n) is 3.46. The second kappa shape index (κ2) is 11.3. The van der Waals surface area contributed by atoms with Crippen LogP contribution < -0.4 is 10.0 Å². The van der Waals surface area contributed by atoms with E-state index in [1.54, 1.807) is 27.7 Å². The van der Waals surface area contributed by atoms with Gasteiger partial charge >= 0.3 is 0 Å². The lowest BCUT2D eigenvalue weighted by Gasteiger charge is -2.33. The number of nitrogens with one attached hydrogen (secondary N) is 2. The number of carbonyl (C=O) groups excluding carboxylic acids is 3. The highest BCUT2D eigenvalue weighted by molar-refractivity contribution is 7.89. The van der Waals surface area contributed by atoms with Crippen LogP contribution in [-0.2, 0) is 38.6 Å². The van der Waals surface area contributed by atoms with E-state index < -0.39 is 26.7 Å². The molecule has 0 saturated carbocycles. The Hall–Kier alpha value is -1.76. The number of rotatable bonds is 17. The van der Waals surface area contributed by atoms with Crippen LogP contribution in [0.2, 0.25) is 0 Å². The molecule has 0 aromatic heterocycles. The summed E-state index contributed by atoms with van der Waals surface area (Å²) < 4.78 is 41.3. The molecule has 3 N–H and O–H groups in total. The van der Waals surface area contributed by atoms with E-state index in [4.69, 9.17) is 0 Å². The molecule has 0 aliphatic rings. The van der Waals surface area contributed by atoms with Gasteiger partial charge in [-0.3, -0.25) is 14.4 Å². The maximum absolute atomic E-state index is 12.4. The predicted octanol–water partition coefficient (Wildman–Crippen LogP) is -1.31. The molecule has 0 spiro atoms. The minimum absolute atomic E-state index is 0.124. The SMILES string of the molecule is CC(C)(O)CC(C)(C)NS(=O)(=O)CCNC(COC=O)(COC=O)COC=O. The molecule has 0 aliphatic heterocycles. The number of hydrogen-bond donors (Lipinski definition) is 3. The Labute approximate surface area is 165 Å². The highest BCUT2D eigenvalue weighted by atomic mass is 32.2. The Kier molecular flexibility index (Phi) is 10.6. The number of hydrogen-bond acceptors (Lipinski definition) is 10. The van der Waals surface area contributed by atoms with Crippen molar-refractivity contribution in [2.75, 3.05) is 32.1 Å². The molecular weight excluding hydrogens is 396 g/mol. The van der Waals surface area contributed by atoms with E-state index in [2.05, 4.69) is 24.2 Å². The maximum atomic E-state index is 12.4. The predicted molar refractivity (Wildman–Crippen MR) is 98.7 cm³/mol. The van der Waals surface area contributed by atoms with Crippen molar-refractivity contribution in [1.82, 2.24) is 10.0 Å². The van der Waals surface area contributed by atoms with Crippen LogP contribution in [0.5, 0.6) is 0 Å². The largest absolute Gasteiger partial charge is 0.466 e. The second-order valence-corrected chi connectivity index (χ2v) is 9.56. The van der Waals surface area contributed by atoms with Crippen molar-refractivity contribution in [1.29, 1.82) is 0 Å². The first kappa shape index (κ1) is 26.2. The van der Waals surface area contributed by atoms with Gasteiger partial charge in [0.15, 0.2) is 0 Å². The fourth-order valence-corrected chi connectivity index (χ4v) is 4.29. The molecular formula is C16H30N2O9S. The molecule has 12 heteroatoms. The average Bonchev–Trinajstić information content (AvgIpc) is 2.52. The first-order chi connectivity index (χ1) is 12.8. The molecule has 0 atom stereocenters. The summed E-state index contributed by atoms with van der Waals surface area (Å²) >= 11 is 0. The van der Waals surface area contributed by atoms with Gasteiger partial charge in [-0.1, -0.05) is 0 Å². The van der Waals surface area contributed by atoms with E-state index >= 15 is 0 Å². The van der Waals surface area contributed by atoms with Crippen LogP contribution in [0, 0.1) is 0 Å². The molecule has 0 fully saturated rings. The average molecular weight is 426 g/mol. The van der Waals surface area contributed by atoms with Gasteiger partial charge < -0.3 is 24.6 Å². The lowest BCUT2D eigenvalue weighted by Crippen LogP contribution is -2.58. The molecule has 0 bridgehead atoms. The molecule has 0 amide bonds. The van der Waals surface area contributed by atoms with E-state index in [-0.39, 0.29) is 58.0 Å². The third kappa shape index (κ3) is 11.8. The van der Waals surface area contributed by atoms with Gasteiger partial charge in [-0.25, -0.2) is 13.1 Å². The van der Waals surface area contributed by atoms with E-state index in [1.807, 2.05) is 0 Å². The summed E-state index contributed by atoms with van der Waals surface area (Å²) in [4.78, 5) is 31.5. The molecule has 28 heavy (non-hydrogen) atoms. The number of carbonyl (C=O) groups is 3. The van der Waals surface area contributed by atoms with Gasteiger partial charge in [0.05, 0.1) is 11.4 Å². The zero-order valence-electron chi connectivity index (χ0n) is 16.6. The second-order valence-electron chi connectivity index (χ2n) is 7.72. The van der Waals surface area contributed by atoms with Crippen molar-refractivity contribution < 1.29 is 42.1 Å². The zero-order valence-corrected chi connectivity index (χ0v) is 17.4. The highest BCUT2D eigenvalue weighted by Crippen LogP contribution is 2.20. The van der Waals surface area contributed by atoms with E-state index in [1.165, 1.54) is 0 Å². The number of ether oxygens (including phenoxy) is 3. The summed E-state index contributed by atoms with van der Waals surface area (Å²) in [6, 6.07) is 0. The lowest BCUT2D eigenvalue weighted by molar-refractivity contribution is -0.140. The summed E-state index contributed by atoms with van der Waals surface area (Å²) in [5.41, 5.74) is -3.26. The molecule has 0 rings (SSSR count). The summed E-state index contributed by atoms with van der Waals surface area (Å²) in [6.45, 7) is 5.84. The number of sulfonamides is 1. The monoisotopic (exact) mass is 426 g/mol.